The van der Waals surface area contributed by atoms with Gasteiger partial charge in [0.25, 0.3) is 0 Å². The molecule has 0 aliphatic carbocycles. The molecule has 2 rings (SSSR count). The topological polar surface area (TPSA) is 228 Å². The smallest absolute Gasteiger partial charge is 0.220 e. The lowest BCUT2D eigenvalue weighted by molar-refractivity contribution is -0.359. The van der Waals surface area contributed by atoms with Gasteiger partial charge in [-0.15, -0.1) is 0 Å². The van der Waals surface area contributed by atoms with Crippen molar-refractivity contribution in [1.29, 1.82) is 0 Å². The first kappa shape index (κ1) is 92.7. The number of hydrogen-bond donors (Lipinski definition) is 9. The first-order valence-electron chi connectivity index (χ1n) is 41.1. The highest BCUT2D eigenvalue weighted by molar-refractivity contribution is 5.76. The third-order valence-corrected chi connectivity index (χ3v) is 19.5. The van der Waals surface area contributed by atoms with E-state index in [2.05, 4.69) is 129 Å². The van der Waals surface area contributed by atoms with E-state index in [1.165, 1.54) is 186 Å². The lowest BCUT2D eigenvalue weighted by Crippen LogP contribution is -2.65. The third kappa shape index (κ3) is 50.9. The maximum atomic E-state index is 13.4. The number of amides is 1. The van der Waals surface area contributed by atoms with Crippen LogP contribution >= 0.6 is 0 Å². The summed E-state index contributed by atoms with van der Waals surface area (Å²) in [6, 6.07) is -0.850. The Morgan fingerprint density at radius 2 is 0.690 bits per heavy atom. The number of nitrogens with one attached hydrogen (secondary N) is 1. The van der Waals surface area contributed by atoms with Crippen LogP contribution in [0, 0.1) is 0 Å². The van der Waals surface area contributed by atoms with E-state index in [0.717, 1.165) is 116 Å². The van der Waals surface area contributed by atoms with E-state index in [0.29, 0.717) is 12.8 Å². The van der Waals surface area contributed by atoms with Gasteiger partial charge in [-0.1, -0.05) is 354 Å². The third-order valence-electron chi connectivity index (χ3n) is 19.5. The van der Waals surface area contributed by atoms with Gasteiger partial charge >= 0.3 is 0 Å². The summed E-state index contributed by atoms with van der Waals surface area (Å²) >= 11 is 0. The van der Waals surface area contributed by atoms with Crippen molar-refractivity contribution in [2.75, 3.05) is 19.8 Å². The number of rotatable bonds is 68. The van der Waals surface area contributed by atoms with Gasteiger partial charge in [0.15, 0.2) is 12.6 Å². The molecule has 14 nitrogen and oxygen atoms in total. The van der Waals surface area contributed by atoms with Crippen molar-refractivity contribution in [3.05, 3.63) is 109 Å². The lowest BCUT2D eigenvalue weighted by Gasteiger charge is -2.46. The van der Waals surface area contributed by atoms with Crippen LogP contribution in [0.5, 0.6) is 0 Å². The van der Waals surface area contributed by atoms with Crippen LogP contribution in [0.1, 0.15) is 335 Å². The highest BCUT2D eigenvalue weighted by Crippen LogP contribution is 2.30. The summed E-state index contributed by atoms with van der Waals surface area (Å²) in [7, 11) is 0. The van der Waals surface area contributed by atoms with E-state index >= 15 is 0 Å². The van der Waals surface area contributed by atoms with Crippen LogP contribution in [-0.4, -0.2) is 140 Å². The first-order valence-corrected chi connectivity index (χ1v) is 41.1. The molecule has 12 unspecified atom stereocenters. The Kier molecular flexibility index (Phi) is 63.7. The zero-order valence-electron chi connectivity index (χ0n) is 63.4. The number of carbonyl (C=O) groups is 1. The number of aliphatic hydroxyl groups is 8. The van der Waals surface area contributed by atoms with E-state index in [4.69, 9.17) is 18.9 Å². The highest BCUT2D eigenvalue weighted by atomic mass is 16.7. The lowest BCUT2D eigenvalue weighted by atomic mass is 9.97. The molecule has 14 heteroatoms. The first-order chi connectivity index (χ1) is 49.1. The predicted octanol–water partition coefficient (Wildman–Crippen LogP) is 19.0. The molecule has 9 N–H and O–H groups in total. The molecule has 0 bridgehead atoms. The molecule has 0 saturated carbocycles. The SMILES string of the molecule is CC/C=C\C/C=C\C/C=C\C/C=C\C/C=C\C/C=C\C/C=C\C/C=C\C/C=C\CCCCCCCC(=O)NC(COC1OC(CO)C(OC2OC(CO)C(O)C(O)C2O)C(O)C1O)C(O)CCCCCCCCCCCCCCCCCCCCCCCCCCCCCCCCCCC. The Bertz CT molecular complexity index is 2100. The molecule has 0 spiro atoms. The number of carbonyl (C=O) groups excluding carboxylic acids is 1. The maximum absolute atomic E-state index is 13.4. The maximum Gasteiger partial charge on any atom is 0.220 e. The summed E-state index contributed by atoms with van der Waals surface area (Å²) in [5.41, 5.74) is 0. The second-order valence-electron chi connectivity index (χ2n) is 28.5. The van der Waals surface area contributed by atoms with Crippen molar-refractivity contribution in [1.82, 2.24) is 5.32 Å². The molecule has 0 aromatic carbocycles. The Hall–Kier alpha value is -3.35. The largest absolute Gasteiger partial charge is 0.394 e. The minimum atomic E-state index is -1.79. The second-order valence-corrected chi connectivity index (χ2v) is 28.5. The quantitative estimate of drug-likeness (QED) is 0.0204. The molecule has 100 heavy (non-hydrogen) atoms. The van der Waals surface area contributed by atoms with Gasteiger partial charge in [-0.25, -0.2) is 0 Å². The zero-order chi connectivity index (χ0) is 72.2. The fourth-order valence-corrected chi connectivity index (χ4v) is 13.1. The molecule has 0 aromatic rings. The van der Waals surface area contributed by atoms with E-state index in [1.54, 1.807) is 0 Å². The monoisotopic (exact) mass is 1410 g/mol. The molecular formula is C86H151NO13. The molecule has 2 saturated heterocycles. The van der Waals surface area contributed by atoms with Gasteiger partial charge in [0.2, 0.25) is 5.91 Å². The van der Waals surface area contributed by atoms with Crippen LogP contribution in [-0.2, 0) is 23.7 Å². The Morgan fingerprint density at radius 3 is 1.06 bits per heavy atom. The van der Waals surface area contributed by atoms with Crippen LogP contribution in [0.3, 0.4) is 0 Å². The Morgan fingerprint density at radius 1 is 0.370 bits per heavy atom. The highest BCUT2D eigenvalue weighted by Gasteiger charge is 2.51. The predicted molar refractivity (Wildman–Crippen MR) is 415 cm³/mol. The van der Waals surface area contributed by atoms with E-state index in [1.807, 2.05) is 0 Å². The number of allylic oxidation sites excluding steroid dienone is 18. The van der Waals surface area contributed by atoms with Crippen LogP contribution in [0.15, 0.2) is 109 Å². The van der Waals surface area contributed by atoms with Crippen LogP contribution in [0.25, 0.3) is 0 Å². The fourth-order valence-electron chi connectivity index (χ4n) is 13.1. The van der Waals surface area contributed by atoms with Gasteiger partial charge in [-0.05, 0) is 83.5 Å². The van der Waals surface area contributed by atoms with Crippen LogP contribution in [0.2, 0.25) is 0 Å². The normalized spacial score (nSPS) is 22.4. The Labute approximate surface area is 610 Å². The average Bonchev–Trinajstić information content (AvgIpc) is 0.791. The van der Waals surface area contributed by atoms with Crippen LogP contribution in [0.4, 0.5) is 0 Å². The average molecular weight is 1410 g/mol. The summed E-state index contributed by atoms with van der Waals surface area (Å²) in [4.78, 5) is 13.4. The van der Waals surface area contributed by atoms with E-state index in [-0.39, 0.29) is 18.9 Å². The standard InChI is InChI=1S/C86H151NO13/c1-3-5-7-9-11-13-15-17-19-21-23-25-27-29-31-33-35-37-39-41-43-45-47-49-51-53-55-57-59-61-63-65-67-69-75(90)74(73-97-85-83(96)81(94)84(77(72-89)99-85)100-86-82(95)80(93)79(92)76(71-88)98-86)87-78(91)70-68-66-64-62-60-58-56-54-52-50-48-46-44-42-40-38-36-34-32-30-28-26-24-22-20-18-16-14-12-10-8-6-4-2/h6,8,12,14,18,20,24,26,30,32,36,38,42,44,48,50,54,56,74-77,79-86,88-90,92-96H,3-5,7,9-11,13,15-17,19,21-23,25,27-29,31,33-35,37,39-41,43,45-47,49,51-53,55,57-73H2,1-2H3,(H,87,91)/b8-6-,14-12-,20-18-,26-24-,32-30-,38-36-,44-42-,50-48-,56-54-. The van der Waals surface area contributed by atoms with Gasteiger partial charge in [0, 0.05) is 6.42 Å². The number of unbranched alkanes of at least 4 members (excludes halogenated alkanes) is 37. The Balaban J connectivity index is 1.63. The van der Waals surface area contributed by atoms with Gasteiger partial charge in [0.1, 0.15) is 48.8 Å². The number of aliphatic hydroxyl groups excluding tert-OH is 8. The van der Waals surface area contributed by atoms with Crippen molar-refractivity contribution in [2.45, 2.75) is 408 Å². The summed E-state index contributed by atoms with van der Waals surface area (Å²) in [6.07, 6.45) is 82.7. The number of ether oxygens (including phenoxy) is 4. The zero-order valence-corrected chi connectivity index (χ0v) is 63.4. The molecule has 578 valence electrons. The summed E-state index contributed by atoms with van der Waals surface area (Å²) < 4.78 is 23.0. The minimum Gasteiger partial charge on any atom is -0.394 e. The minimum absolute atomic E-state index is 0.225. The molecular weight excluding hydrogens is 1250 g/mol. The molecule has 2 aliphatic heterocycles. The molecule has 2 fully saturated rings. The van der Waals surface area contributed by atoms with Crippen molar-refractivity contribution < 1.29 is 64.6 Å². The molecule has 2 heterocycles. The summed E-state index contributed by atoms with van der Waals surface area (Å²) in [5.74, 6) is -0.225. The van der Waals surface area contributed by atoms with E-state index < -0.39 is 86.8 Å². The van der Waals surface area contributed by atoms with Gasteiger partial charge in [0.05, 0.1) is 32.0 Å². The van der Waals surface area contributed by atoms with Crippen molar-refractivity contribution >= 4 is 5.91 Å². The summed E-state index contributed by atoms with van der Waals surface area (Å²) in [5, 5.41) is 87.9. The fraction of sp³-hybridized carbons (Fsp3) is 0.779. The molecule has 0 radical (unpaired) electrons. The second kappa shape index (κ2) is 68.7. The molecule has 12 atom stereocenters. The van der Waals surface area contributed by atoms with Gasteiger partial charge < -0.3 is 65.1 Å². The van der Waals surface area contributed by atoms with Gasteiger partial charge in [-0.2, -0.15) is 0 Å². The van der Waals surface area contributed by atoms with E-state index in [9.17, 15) is 45.6 Å². The molecule has 2 aliphatic rings. The van der Waals surface area contributed by atoms with Crippen LogP contribution < -0.4 is 5.32 Å². The summed E-state index contributed by atoms with van der Waals surface area (Å²) in [6.45, 7) is 2.77. The molecule has 0 aromatic heterocycles. The molecule has 1 amide bonds. The number of hydrogen-bond acceptors (Lipinski definition) is 13. The van der Waals surface area contributed by atoms with Crippen molar-refractivity contribution in [3.63, 3.8) is 0 Å². The van der Waals surface area contributed by atoms with Crippen molar-refractivity contribution in [2.24, 2.45) is 0 Å². The van der Waals surface area contributed by atoms with Gasteiger partial charge in [-0.3, -0.25) is 4.79 Å². The van der Waals surface area contributed by atoms with Crippen molar-refractivity contribution in [3.8, 4) is 0 Å².